The van der Waals surface area contributed by atoms with Gasteiger partial charge in [-0.3, -0.25) is 0 Å². The fourth-order valence-corrected chi connectivity index (χ4v) is 9.43. The van der Waals surface area contributed by atoms with Gasteiger partial charge >= 0.3 is 0 Å². The summed E-state index contributed by atoms with van der Waals surface area (Å²) in [5.74, 6) is 0. The first-order valence-corrected chi connectivity index (χ1v) is 20.8. The molecule has 0 aliphatic carbocycles. The second-order valence-electron chi connectivity index (χ2n) is 15.7. The van der Waals surface area contributed by atoms with Crippen LogP contribution in [0.3, 0.4) is 0 Å². The second-order valence-corrected chi connectivity index (χ2v) is 15.7. The van der Waals surface area contributed by atoms with E-state index in [1.54, 1.807) is 0 Å². The lowest BCUT2D eigenvalue weighted by Gasteiger charge is -2.27. The number of furan rings is 1. The van der Waals surface area contributed by atoms with Gasteiger partial charge in [0.05, 0.1) is 22.1 Å². The van der Waals surface area contributed by atoms with Crippen molar-refractivity contribution in [2.24, 2.45) is 0 Å². The van der Waals surface area contributed by atoms with Gasteiger partial charge in [-0.15, -0.1) is 0 Å². The van der Waals surface area contributed by atoms with E-state index in [4.69, 9.17) is 4.42 Å². The fourth-order valence-electron chi connectivity index (χ4n) is 9.43. The Kier molecular flexibility index (Phi) is 8.17. The molecule has 12 aromatic rings. The predicted octanol–water partition coefficient (Wildman–Crippen LogP) is 16.3. The summed E-state index contributed by atoms with van der Waals surface area (Å²) in [6, 6.07) is 82.9. The van der Waals surface area contributed by atoms with E-state index in [2.05, 4.69) is 228 Å². The summed E-state index contributed by atoms with van der Waals surface area (Å²) in [6.07, 6.45) is 0. The molecule has 0 bridgehead atoms. The summed E-state index contributed by atoms with van der Waals surface area (Å²) in [4.78, 5) is 2.37. The molecule has 0 atom stereocenters. The molecule has 0 N–H and O–H groups in total. The van der Waals surface area contributed by atoms with E-state index < -0.39 is 0 Å². The van der Waals surface area contributed by atoms with Gasteiger partial charge in [0.2, 0.25) is 0 Å². The maximum atomic E-state index is 6.42. The van der Waals surface area contributed by atoms with Crippen LogP contribution in [0.25, 0.3) is 93.6 Å². The van der Waals surface area contributed by atoms with Gasteiger partial charge in [-0.05, 0) is 111 Å². The van der Waals surface area contributed by atoms with E-state index in [1.165, 1.54) is 54.8 Å². The van der Waals surface area contributed by atoms with Crippen LogP contribution in [0.4, 0.5) is 17.1 Å². The molecule has 3 nitrogen and oxygen atoms in total. The number of anilines is 3. The zero-order valence-corrected chi connectivity index (χ0v) is 33.2. The zero-order valence-electron chi connectivity index (χ0n) is 33.2. The van der Waals surface area contributed by atoms with Crippen molar-refractivity contribution in [2.45, 2.75) is 0 Å². The van der Waals surface area contributed by atoms with Crippen molar-refractivity contribution in [2.75, 3.05) is 4.90 Å². The topological polar surface area (TPSA) is 21.3 Å². The van der Waals surface area contributed by atoms with Crippen molar-refractivity contribution in [1.82, 2.24) is 4.57 Å². The number of para-hydroxylation sites is 3. The highest BCUT2D eigenvalue weighted by Gasteiger charge is 2.20. The number of rotatable bonds is 7. The third-order valence-corrected chi connectivity index (χ3v) is 12.2. The number of hydrogen-bond acceptors (Lipinski definition) is 2. The molecule has 61 heavy (non-hydrogen) atoms. The van der Waals surface area contributed by atoms with Gasteiger partial charge in [-0.1, -0.05) is 164 Å². The molecule has 0 aliphatic heterocycles. The Bertz CT molecular complexity index is 3520. The molecule has 0 amide bonds. The molecular weight excluding hydrogens is 741 g/mol. The molecule has 0 aliphatic rings. The quantitative estimate of drug-likeness (QED) is 0.161. The summed E-state index contributed by atoms with van der Waals surface area (Å²) in [5, 5.41) is 7.19. The number of fused-ring (bicyclic) bond motifs is 7. The highest BCUT2D eigenvalue weighted by atomic mass is 16.3. The van der Waals surface area contributed by atoms with E-state index in [1.807, 2.05) is 12.1 Å². The summed E-state index contributed by atoms with van der Waals surface area (Å²) < 4.78 is 8.80. The van der Waals surface area contributed by atoms with Crippen LogP contribution < -0.4 is 4.90 Å². The predicted molar refractivity (Wildman–Crippen MR) is 257 cm³/mol. The summed E-state index contributed by atoms with van der Waals surface area (Å²) in [6.45, 7) is 0. The maximum absolute atomic E-state index is 6.42. The monoisotopic (exact) mass is 778 g/mol. The van der Waals surface area contributed by atoms with Gasteiger partial charge in [-0.2, -0.15) is 0 Å². The van der Waals surface area contributed by atoms with Crippen molar-refractivity contribution in [3.8, 4) is 39.1 Å². The van der Waals surface area contributed by atoms with Crippen LogP contribution in [0, 0.1) is 0 Å². The molecule has 0 saturated heterocycles. The third kappa shape index (κ3) is 5.82. The maximum Gasteiger partial charge on any atom is 0.137 e. The van der Waals surface area contributed by atoms with Gasteiger partial charge < -0.3 is 13.9 Å². The summed E-state index contributed by atoms with van der Waals surface area (Å²) in [5.41, 5.74) is 15.6. The molecule has 2 heterocycles. The minimum absolute atomic E-state index is 0.864. The number of benzene rings is 10. The Balaban J connectivity index is 0.977. The molecule has 0 radical (unpaired) electrons. The van der Waals surface area contributed by atoms with E-state index in [0.29, 0.717) is 0 Å². The molecule has 0 unspecified atom stereocenters. The second kappa shape index (κ2) is 14.3. The Morgan fingerprint density at radius 1 is 0.344 bits per heavy atom. The molecule has 0 spiro atoms. The van der Waals surface area contributed by atoms with E-state index in [0.717, 1.165) is 55.8 Å². The average molecular weight is 779 g/mol. The largest absolute Gasteiger partial charge is 0.456 e. The average Bonchev–Trinajstić information content (AvgIpc) is 3.89. The first kappa shape index (κ1) is 34.9. The van der Waals surface area contributed by atoms with E-state index in [-0.39, 0.29) is 0 Å². The van der Waals surface area contributed by atoms with Crippen molar-refractivity contribution < 1.29 is 4.42 Å². The lowest BCUT2D eigenvalue weighted by atomic mass is 9.91. The Hall–Kier alpha value is -8.14. The SMILES string of the molecule is c1ccc(-c2cccc3cccc(-c4ccc(N(c5ccc(-c6cccc(-n7c8ccccc8c8ccccc87)c6)cc5)c5cccc6oc7ccccc7c56)cc4)c23)cc1. The van der Waals surface area contributed by atoms with Crippen LogP contribution in [0.1, 0.15) is 0 Å². The van der Waals surface area contributed by atoms with Gasteiger partial charge in [0, 0.05) is 33.2 Å². The lowest BCUT2D eigenvalue weighted by Crippen LogP contribution is -2.10. The van der Waals surface area contributed by atoms with Crippen LogP contribution >= 0.6 is 0 Å². The number of hydrogen-bond donors (Lipinski definition) is 0. The molecule has 0 saturated carbocycles. The van der Waals surface area contributed by atoms with Crippen molar-refractivity contribution in [1.29, 1.82) is 0 Å². The molecule has 2 aromatic heterocycles. The molecule has 0 fully saturated rings. The molecule has 12 rings (SSSR count). The van der Waals surface area contributed by atoms with Gasteiger partial charge in [-0.25, -0.2) is 0 Å². The Morgan fingerprint density at radius 2 is 0.869 bits per heavy atom. The first-order valence-electron chi connectivity index (χ1n) is 20.8. The van der Waals surface area contributed by atoms with Crippen molar-refractivity contribution >= 4 is 71.6 Å². The lowest BCUT2D eigenvalue weighted by molar-refractivity contribution is 0.669. The minimum atomic E-state index is 0.864. The van der Waals surface area contributed by atoms with Gasteiger partial charge in [0.15, 0.2) is 0 Å². The highest BCUT2D eigenvalue weighted by Crippen LogP contribution is 2.44. The summed E-state index contributed by atoms with van der Waals surface area (Å²) >= 11 is 0. The molecule has 10 aromatic carbocycles. The number of nitrogens with zero attached hydrogens (tertiary/aromatic N) is 2. The normalized spacial score (nSPS) is 11.6. The Morgan fingerprint density at radius 3 is 1.56 bits per heavy atom. The first-order chi connectivity index (χ1) is 30.3. The smallest absolute Gasteiger partial charge is 0.137 e. The van der Waals surface area contributed by atoms with Crippen LogP contribution in [0.2, 0.25) is 0 Å². The zero-order chi connectivity index (χ0) is 40.3. The van der Waals surface area contributed by atoms with Gasteiger partial charge in [0.1, 0.15) is 11.2 Å². The molecular formula is C58H38N2O. The van der Waals surface area contributed by atoms with Gasteiger partial charge in [0.25, 0.3) is 0 Å². The van der Waals surface area contributed by atoms with Crippen LogP contribution in [0.5, 0.6) is 0 Å². The Labute approximate surface area is 353 Å². The minimum Gasteiger partial charge on any atom is -0.456 e. The number of aromatic nitrogens is 1. The fraction of sp³-hybridized carbons (Fsp3) is 0. The van der Waals surface area contributed by atoms with Crippen LogP contribution in [-0.2, 0) is 0 Å². The summed E-state index contributed by atoms with van der Waals surface area (Å²) in [7, 11) is 0. The van der Waals surface area contributed by atoms with Crippen molar-refractivity contribution in [3.63, 3.8) is 0 Å². The van der Waals surface area contributed by atoms with Crippen molar-refractivity contribution in [3.05, 3.63) is 231 Å². The third-order valence-electron chi connectivity index (χ3n) is 12.2. The molecule has 3 heteroatoms. The highest BCUT2D eigenvalue weighted by molar-refractivity contribution is 6.14. The van der Waals surface area contributed by atoms with Crippen LogP contribution in [0.15, 0.2) is 235 Å². The molecule has 286 valence electrons. The standard InChI is InChI=1S/C58H38N2O/c1-2-14-40(15-3-1)47-23-11-16-42-17-12-24-48(57(42)47)41-32-36-45(37-33-41)59(54-27-13-29-56-58(54)51-22-6-9-28-55(51)61-56)44-34-30-39(31-35-44)43-18-10-19-46(38-43)60-52-25-7-4-20-49(52)50-21-5-8-26-53(50)60/h1-38H. The van der Waals surface area contributed by atoms with Crippen LogP contribution in [-0.4, -0.2) is 4.57 Å². The van der Waals surface area contributed by atoms with E-state index in [9.17, 15) is 0 Å². The van der Waals surface area contributed by atoms with E-state index >= 15 is 0 Å².